The molecule has 0 aliphatic heterocycles. The molecular formula is C12H22O2. The van der Waals surface area contributed by atoms with E-state index in [4.69, 9.17) is 0 Å². The molecule has 0 N–H and O–H groups in total. The van der Waals surface area contributed by atoms with Gasteiger partial charge in [-0.25, -0.2) is 0 Å². The Hall–Kier alpha value is -0.660. The van der Waals surface area contributed by atoms with Gasteiger partial charge in [0.25, 0.3) is 0 Å². The summed E-state index contributed by atoms with van der Waals surface area (Å²) in [4.78, 5) is 22.5. The molecule has 0 heterocycles. The summed E-state index contributed by atoms with van der Waals surface area (Å²) in [6.07, 6.45) is 7.02. The van der Waals surface area contributed by atoms with Gasteiger partial charge in [-0.2, -0.15) is 0 Å². The van der Waals surface area contributed by atoms with Crippen LogP contribution in [0.25, 0.3) is 0 Å². The van der Waals surface area contributed by atoms with Crippen LogP contribution in [0.4, 0.5) is 0 Å². The van der Waals surface area contributed by atoms with Crippen molar-refractivity contribution in [1.82, 2.24) is 0 Å². The molecule has 0 aliphatic rings. The number of rotatable bonds is 9. The molecule has 0 saturated heterocycles. The Morgan fingerprint density at radius 3 is 1.71 bits per heavy atom. The fourth-order valence-electron chi connectivity index (χ4n) is 1.33. The van der Waals surface area contributed by atoms with Crippen LogP contribution in [0.3, 0.4) is 0 Å². The highest BCUT2D eigenvalue weighted by Crippen LogP contribution is 2.05. The molecule has 0 aromatic heterocycles. The lowest BCUT2D eigenvalue weighted by Crippen LogP contribution is -2.12. The highest BCUT2D eigenvalue weighted by Gasteiger charge is 2.11. The maximum Gasteiger partial charge on any atom is 0.198 e. The molecule has 2 heteroatoms. The largest absolute Gasteiger partial charge is 0.291 e. The van der Waals surface area contributed by atoms with Gasteiger partial charge in [-0.1, -0.05) is 39.5 Å². The summed E-state index contributed by atoms with van der Waals surface area (Å²) in [5.41, 5.74) is 0. The third kappa shape index (κ3) is 6.81. The van der Waals surface area contributed by atoms with Crippen LogP contribution in [-0.2, 0) is 9.59 Å². The van der Waals surface area contributed by atoms with Gasteiger partial charge in [-0.3, -0.25) is 9.59 Å². The Labute approximate surface area is 87.1 Å². The van der Waals surface area contributed by atoms with E-state index in [-0.39, 0.29) is 11.6 Å². The van der Waals surface area contributed by atoms with Gasteiger partial charge in [-0.15, -0.1) is 0 Å². The lowest BCUT2D eigenvalue weighted by Gasteiger charge is -1.99. The fourth-order valence-corrected chi connectivity index (χ4v) is 1.33. The number of hydrogen-bond donors (Lipinski definition) is 0. The third-order valence-corrected chi connectivity index (χ3v) is 2.33. The summed E-state index contributed by atoms with van der Waals surface area (Å²) in [6, 6.07) is 0. The van der Waals surface area contributed by atoms with Crippen LogP contribution >= 0.6 is 0 Å². The Kier molecular flexibility index (Phi) is 8.50. The molecule has 0 spiro atoms. The molecule has 14 heavy (non-hydrogen) atoms. The molecular weight excluding hydrogens is 176 g/mol. The molecule has 82 valence electrons. The van der Waals surface area contributed by atoms with E-state index in [1.165, 1.54) is 0 Å². The topological polar surface area (TPSA) is 34.1 Å². The number of unbranched alkanes of at least 4 members (excludes halogenated alkanes) is 4. The van der Waals surface area contributed by atoms with Crippen LogP contribution in [0.15, 0.2) is 0 Å². The van der Waals surface area contributed by atoms with Crippen molar-refractivity contribution in [3.8, 4) is 0 Å². The maximum absolute atomic E-state index is 11.3. The van der Waals surface area contributed by atoms with Crippen molar-refractivity contribution in [3.05, 3.63) is 0 Å². The summed E-state index contributed by atoms with van der Waals surface area (Å²) in [5, 5.41) is 0. The van der Waals surface area contributed by atoms with E-state index in [0.29, 0.717) is 12.8 Å². The minimum Gasteiger partial charge on any atom is -0.291 e. The van der Waals surface area contributed by atoms with Crippen molar-refractivity contribution in [2.45, 2.75) is 65.2 Å². The first-order chi connectivity index (χ1) is 6.72. The zero-order valence-corrected chi connectivity index (χ0v) is 9.47. The molecule has 0 fully saturated rings. The van der Waals surface area contributed by atoms with E-state index in [9.17, 15) is 9.59 Å². The highest BCUT2D eigenvalue weighted by atomic mass is 16.2. The molecule has 0 aromatic rings. The van der Waals surface area contributed by atoms with Crippen molar-refractivity contribution in [1.29, 1.82) is 0 Å². The predicted octanol–water partition coefficient (Wildman–Crippen LogP) is 3.29. The van der Waals surface area contributed by atoms with E-state index in [2.05, 4.69) is 6.92 Å². The number of carbonyl (C=O) groups excluding carboxylic acids is 2. The number of Topliss-reactive ketones (excluding diaryl/α,β-unsaturated/α-hetero) is 2. The highest BCUT2D eigenvalue weighted by molar-refractivity contribution is 6.37. The van der Waals surface area contributed by atoms with Crippen molar-refractivity contribution in [2.24, 2.45) is 0 Å². The second kappa shape index (κ2) is 8.92. The first-order valence-corrected chi connectivity index (χ1v) is 5.78. The second-order valence-corrected chi connectivity index (χ2v) is 3.76. The smallest absolute Gasteiger partial charge is 0.198 e. The molecule has 0 saturated carbocycles. The molecule has 0 aromatic carbocycles. The van der Waals surface area contributed by atoms with Gasteiger partial charge in [0.15, 0.2) is 11.6 Å². The van der Waals surface area contributed by atoms with Crippen molar-refractivity contribution >= 4 is 11.6 Å². The molecule has 0 bridgehead atoms. The van der Waals surface area contributed by atoms with E-state index >= 15 is 0 Å². The zero-order chi connectivity index (χ0) is 10.8. The zero-order valence-electron chi connectivity index (χ0n) is 9.47. The minimum atomic E-state index is -0.164. The second-order valence-electron chi connectivity index (χ2n) is 3.76. The average Bonchev–Trinajstić information content (AvgIpc) is 2.20. The molecule has 0 aliphatic carbocycles. The summed E-state index contributed by atoms with van der Waals surface area (Å²) in [6.45, 7) is 4.16. The normalized spacial score (nSPS) is 10.1. The SMILES string of the molecule is CCCCCCC(=O)C(=O)CCCC. The Balaban J connectivity index is 3.47. The Morgan fingerprint density at radius 2 is 1.21 bits per heavy atom. The van der Waals surface area contributed by atoms with Crippen LogP contribution < -0.4 is 0 Å². The van der Waals surface area contributed by atoms with Gasteiger partial charge in [0.05, 0.1) is 0 Å². The van der Waals surface area contributed by atoms with Crippen molar-refractivity contribution in [2.75, 3.05) is 0 Å². The van der Waals surface area contributed by atoms with E-state index in [1.54, 1.807) is 0 Å². The lowest BCUT2D eigenvalue weighted by molar-refractivity contribution is -0.136. The van der Waals surface area contributed by atoms with E-state index in [0.717, 1.165) is 38.5 Å². The Bertz CT molecular complexity index is 173. The van der Waals surface area contributed by atoms with E-state index in [1.807, 2.05) is 6.92 Å². The summed E-state index contributed by atoms with van der Waals surface area (Å²) >= 11 is 0. The summed E-state index contributed by atoms with van der Waals surface area (Å²) < 4.78 is 0. The molecule has 0 rings (SSSR count). The van der Waals surface area contributed by atoms with Crippen LogP contribution in [0.5, 0.6) is 0 Å². The number of hydrogen-bond acceptors (Lipinski definition) is 2. The van der Waals surface area contributed by atoms with Crippen LogP contribution in [0.2, 0.25) is 0 Å². The van der Waals surface area contributed by atoms with Gasteiger partial charge in [-0.05, 0) is 12.8 Å². The molecule has 0 radical (unpaired) electrons. The standard InChI is InChI=1S/C12H22O2/c1-3-5-7-8-10-12(14)11(13)9-6-4-2/h3-10H2,1-2H3. The maximum atomic E-state index is 11.3. The quantitative estimate of drug-likeness (QED) is 0.421. The van der Waals surface area contributed by atoms with Gasteiger partial charge in [0.1, 0.15) is 0 Å². The fraction of sp³-hybridized carbons (Fsp3) is 0.833. The molecule has 0 amide bonds. The van der Waals surface area contributed by atoms with Crippen LogP contribution in [0.1, 0.15) is 65.2 Å². The first kappa shape index (κ1) is 13.3. The van der Waals surface area contributed by atoms with Crippen LogP contribution in [-0.4, -0.2) is 11.6 Å². The predicted molar refractivity (Wildman–Crippen MR) is 58.3 cm³/mol. The van der Waals surface area contributed by atoms with E-state index < -0.39 is 0 Å². The summed E-state index contributed by atoms with van der Waals surface area (Å²) in [5.74, 6) is -0.321. The van der Waals surface area contributed by atoms with Gasteiger partial charge >= 0.3 is 0 Å². The van der Waals surface area contributed by atoms with Gasteiger partial charge in [0, 0.05) is 12.8 Å². The molecule has 2 nitrogen and oxygen atoms in total. The average molecular weight is 198 g/mol. The first-order valence-electron chi connectivity index (χ1n) is 5.78. The number of carbonyl (C=O) groups is 2. The monoisotopic (exact) mass is 198 g/mol. The van der Waals surface area contributed by atoms with Crippen LogP contribution in [0, 0.1) is 0 Å². The minimum absolute atomic E-state index is 0.158. The third-order valence-electron chi connectivity index (χ3n) is 2.33. The number of ketones is 2. The van der Waals surface area contributed by atoms with Crippen molar-refractivity contribution in [3.63, 3.8) is 0 Å². The van der Waals surface area contributed by atoms with Crippen molar-refractivity contribution < 1.29 is 9.59 Å². The van der Waals surface area contributed by atoms with Gasteiger partial charge < -0.3 is 0 Å². The molecule has 0 unspecified atom stereocenters. The molecule has 0 atom stereocenters. The van der Waals surface area contributed by atoms with Gasteiger partial charge in [0.2, 0.25) is 0 Å². The Morgan fingerprint density at radius 1 is 0.714 bits per heavy atom. The lowest BCUT2D eigenvalue weighted by atomic mass is 10.0. The summed E-state index contributed by atoms with van der Waals surface area (Å²) in [7, 11) is 0.